The van der Waals surface area contributed by atoms with Crippen LogP contribution in [0.5, 0.6) is 0 Å². The lowest BCUT2D eigenvalue weighted by molar-refractivity contribution is 0.451. The molecule has 0 radical (unpaired) electrons. The van der Waals surface area contributed by atoms with Crippen molar-refractivity contribution in [2.45, 2.75) is 33.1 Å². The third-order valence-electron chi connectivity index (χ3n) is 2.84. The lowest BCUT2D eigenvalue weighted by Crippen LogP contribution is -2.06. The second-order valence-electron chi connectivity index (χ2n) is 3.72. The number of nitrogens with zero attached hydrogens (tertiary/aromatic N) is 1. The summed E-state index contributed by atoms with van der Waals surface area (Å²) in [5, 5.41) is 0. The Kier molecular flexibility index (Phi) is 3.55. The summed E-state index contributed by atoms with van der Waals surface area (Å²) >= 11 is 0. The second kappa shape index (κ2) is 4.49. The molecule has 0 aliphatic heterocycles. The van der Waals surface area contributed by atoms with Gasteiger partial charge in [0, 0.05) is 6.20 Å². The van der Waals surface area contributed by atoms with Gasteiger partial charge < -0.3 is 0 Å². The van der Waals surface area contributed by atoms with Gasteiger partial charge in [-0.05, 0) is 23.5 Å². The van der Waals surface area contributed by atoms with Crippen molar-refractivity contribution >= 4 is 0 Å². The van der Waals surface area contributed by atoms with Crippen molar-refractivity contribution in [3.63, 3.8) is 0 Å². The van der Waals surface area contributed by atoms with Gasteiger partial charge in [-0.25, -0.2) is 9.37 Å². The fourth-order valence-electron chi connectivity index (χ4n) is 1.37. The molecule has 2 unspecified atom stereocenters. The van der Waals surface area contributed by atoms with E-state index in [0.29, 0.717) is 5.92 Å². The maximum atomic E-state index is 12.9. The van der Waals surface area contributed by atoms with E-state index in [-0.39, 0.29) is 5.92 Å². The number of hydrogen-bond donors (Lipinski definition) is 0. The second-order valence-corrected chi connectivity index (χ2v) is 3.72. The fourth-order valence-corrected chi connectivity index (χ4v) is 1.37. The van der Waals surface area contributed by atoms with E-state index < -0.39 is 11.8 Å². The molecule has 0 aliphatic carbocycles. The van der Waals surface area contributed by atoms with Gasteiger partial charge in [0.05, 0.1) is 0 Å². The monoisotopic (exact) mass is 199 g/mol. The maximum absolute atomic E-state index is 12.9. The Bertz CT molecular complexity index is 312. The summed E-state index contributed by atoms with van der Waals surface area (Å²) in [6.07, 6.45) is 2.43. The zero-order valence-electron chi connectivity index (χ0n) is 8.72. The molecule has 0 aliphatic rings. The van der Waals surface area contributed by atoms with Crippen LogP contribution in [-0.4, -0.2) is 4.98 Å². The molecule has 1 rings (SSSR count). The quantitative estimate of drug-likeness (QED) is 0.679. The summed E-state index contributed by atoms with van der Waals surface area (Å²) < 4.78 is 25.4. The number of aromatic nitrogens is 1. The lowest BCUT2D eigenvalue weighted by atomic mass is 9.88. The molecule has 14 heavy (non-hydrogen) atoms. The molecular weight excluding hydrogens is 184 g/mol. The average molecular weight is 199 g/mol. The van der Waals surface area contributed by atoms with Crippen LogP contribution >= 0.6 is 0 Å². The van der Waals surface area contributed by atoms with Crippen LogP contribution in [-0.2, 0) is 0 Å². The summed E-state index contributed by atoms with van der Waals surface area (Å²) in [5.74, 6) is -1.23. The van der Waals surface area contributed by atoms with E-state index in [1.807, 2.05) is 6.92 Å². The van der Waals surface area contributed by atoms with Gasteiger partial charge in [-0.2, -0.15) is 4.39 Å². The predicted molar refractivity (Wildman–Crippen MR) is 52.0 cm³/mol. The van der Waals surface area contributed by atoms with Crippen molar-refractivity contribution in [1.29, 1.82) is 0 Å². The van der Waals surface area contributed by atoms with E-state index in [0.717, 1.165) is 12.0 Å². The molecule has 1 aromatic rings. The van der Waals surface area contributed by atoms with Gasteiger partial charge in [0.25, 0.3) is 0 Å². The van der Waals surface area contributed by atoms with Crippen molar-refractivity contribution in [1.82, 2.24) is 4.98 Å². The number of pyridine rings is 1. The van der Waals surface area contributed by atoms with Crippen LogP contribution in [0, 0.1) is 17.7 Å². The molecule has 1 heterocycles. The molecule has 0 bridgehead atoms. The molecule has 0 amide bonds. The topological polar surface area (TPSA) is 12.9 Å². The van der Waals surface area contributed by atoms with E-state index in [1.54, 1.807) is 0 Å². The van der Waals surface area contributed by atoms with Crippen LogP contribution in [0.1, 0.15) is 38.7 Å². The number of hydrogen-bond acceptors (Lipinski definition) is 1. The minimum absolute atomic E-state index is 0.211. The van der Waals surface area contributed by atoms with Gasteiger partial charge >= 0.3 is 0 Å². The summed E-state index contributed by atoms with van der Waals surface area (Å²) in [4.78, 5) is 3.37. The van der Waals surface area contributed by atoms with E-state index in [4.69, 9.17) is 0 Å². The normalized spacial score (nSPS) is 15.2. The van der Waals surface area contributed by atoms with Crippen LogP contribution in [0.3, 0.4) is 0 Å². The Balaban J connectivity index is 2.91. The van der Waals surface area contributed by atoms with Crippen LogP contribution in [0.15, 0.2) is 12.3 Å². The van der Waals surface area contributed by atoms with Gasteiger partial charge in [-0.3, -0.25) is 0 Å². The zero-order chi connectivity index (χ0) is 10.7. The smallest absolute Gasteiger partial charge is 0.225 e. The van der Waals surface area contributed by atoms with Crippen LogP contribution in [0.2, 0.25) is 0 Å². The SMILES string of the molecule is CCC(C)C(C)c1cnc(F)c(F)c1. The molecule has 0 saturated heterocycles. The first kappa shape index (κ1) is 11.1. The van der Waals surface area contributed by atoms with Crippen LogP contribution in [0.25, 0.3) is 0 Å². The first-order valence-electron chi connectivity index (χ1n) is 4.87. The highest BCUT2D eigenvalue weighted by Gasteiger charge is 2.15. The molecule has 0 aromatic carbocycles. The molecule has 0 spiro atoms. The first-order valence-corrected chi connectivity index (χ1v) is 4.87. The van der Waals surface area contributed by atoms with Crippen molar-refractivity contribution < 1.29 is 8.78 Å². The third kappa shape index (κ3) is 2.28. The molecular formula is C11H15F2N. The fraction of sp³-hybridized carbons (Fsp3) is 0.545. The first-order chi connectivity index (χ1) is 6.56. The van der Waals surface area contributed by atoms with Crippen molar-refractivity contribution in [3.8, 4) is 0 Å². The molecule has 0 saturated carbocycles. The summed E-state index contributed by atoms with van der Waals surface area (Å²) in [7, 11) is 0. The van der Waals surface area contributed by atoms with Crippen molar-refractivity contribution in [2.24, 2.45) is 5.92 Å². The maximum Gasteiger partial charge on any atom is 0.248 e. The highest BCUT2D eigenvalue weighted by molar-refractivity contribution is 5.16. The Morgan fingerprint density at radius 1 is 1.36 bits per heavy atom. The Labute approximate surface area is 83.2 Å². The molecule has 1 nitrogen and oxygen atoms in total. The number of halogens is 2. The minimum Gasteiger partial charge on any atom is -0.225 e. The molecule has 78 valence electrons. The van der Waals surface area contributed by atoms with Gasteiger partial charge in [-0.1, -0.05) is 27.2 Å². The van der Waals surface area contributed by atoms with Crippen molar-refractivity contribution in [3.05, 3.63) is 29.6 Å². The largest absolute Gasteiger partial charge is 0.248 e. The summed E-state index contributed by atoms with van der Waals surface area (Å²) in [6.45, 7) is 6.17. The van der Waals surface area contributed by atoms with Gasteiger partial charge in [0.1, 0.15) is 0 Å². The van der Waals surface area contributed by atoms with Crippen molar-refractivity contribution in [2.75, 3.05) is 0 Å². The molecule has 0 N–H and O–H groups in total. The lowest BCUT2D eigenvalue weighted by Gasteiger charge is -2.18. The predicted octanol–water partition coefficient (Wildman–Crippen LogP) is 3.51. The molecule has 0 fully saturated rings. The standard InChI is InChI=1S/C11H15F2N/c1-4-7(2)8(3)9-5-10(12)11(13)14-6-9/h5-8H,4H2,1-3H3. The molecule has 2 atom stereocenters. The average Bonchev–Trinajstić information content (AvgIpc) is 2.20. The Hall–Kier alpha value is -0.990. The third-order valence-corrected chi connectivity index (χ3v) is 2.84. The van der Waals surface area contributed by atoms with E-state index in [2.05, 4.69) is 18.8 Å². The van der Waals surface area contributed by atoms with Gasteiger partial charge in [0.15, 0.2) is 5.82 Å². The van der Waals surface area contributed by atoms with Crippen LogP contribution in [0.4, 0.5) is 8.78 Å². The summed E-state index contributed by atoms with van der Waals surface area (Å²) in [5.41, 5.74) is 0.762. The Morgan fingerprint density at radius 2 is 2.00 bits per heavy atom. The van der Waals surface area contributed by atoms with Gasteiger partial charge in [-0.15, -0.1) is 0 Å². The van der Waals surface area contributed by atoms with E-state index in [1.165, 1.54) is 12.3 Å². The molecule has 3 heteroatoms. The highest BCUT2D eigenvalue weighted by Crippen LogP contribution is 2.26. The minimum atomic E-state index is -1.02. The van der Waals surface area contributed by atoms with E-state index >= 15 is 0 Å². The van der Waals surface area contributed by atoms with Gasteiger partial charge in [0.2, 0.25) is 5.95 Å². The zero-order valence-corrected chi connectivity index (χ0v) is 8.72. The Morgan fingerprint density at radius 3 is 2.50 bits per heavy atom. The summed E-state index contributed by atoms with van der Waals surface area (Å²) in [6, 6.07) is 1.24. The number of rotatable bonds is 3. The highest BCUT2D eigenvalue weighted by atomic mass is 19.2. The molecule has 1 aromatic heterocycles. The van der Waals surface area contributed by atoms with Crippen LogP contribution < -0.4 is 0 Å². The van der Waals surface area contributed by atoms with E-state index in [9.17, 15) is 8.78 Å².